The maximum atomic E-state index is 13.3. The van der Waals surface area contributed by atoms with Gasteiger partial charge in [-0.2, -0.15) is 0 Å². The average Bonchev–Trinajstić information content (AvgIpc) is 2.73. The molecule has 0 radical (unpaired) electrons. The van der Waals surface area contributed by atoms with Crippen molar-refractivity contribution in [3.05, 3.63) is 58.7 Å². The maximum Gasteiger partial charge on any atom is 0.230 e. The molecule has 1 aromatic heterocycles. The Balaban J connectivity index is 1.75. The first-order valence-electron chi connectivity index (χ1n) is 9.76. The first-order valence-corrected chi connectivity index (χ1v) is 10.1. The summed E-state index contributed by atoms with van der Waals surface area (Å²) in [5, 5.41) is 3.79. The summed E-state index contributed by atoms with van der Waals surface area (Å²) in [6.07, 6.45) is 6.60. The Morgan fingerprint density at radius 3 is 2.75 bits per heavy atom. The molecule has 1 N–H and O–H groups in total. The van der Waals surface area contributed by atoms with Gasteiger partial charge in [0, 0.05) is 30.4 Å². The normalized spacial score (nSPS) is 15.8. The van der Waals surface area contributed by atoms with Crippen LogP contribution in [0.4, 0.5) is 0 Å². The Hall–Kier alpha value is -2.11. The van der Waals surface area contributed by atoms with E-state index in [4.69, 9.17) is 21.1 Å². The molecule has 1 aromatic carbocycles. The molecule has 28 heavy (non-hydrogen) atoms. The summed E-state index contributed by atoms with van der Waals surface area (Å²) >= 11 is 6.22. The first-order chi connectivity index (χ1) is 13.7. The molecular weight excluding hydrogens is 376 g/mol. The Labute approximate surface area is 171 Å². The van der Waals surface area contributed by atoms with Crippen LogP contribution in [0.5, 0.6) is 5.88 Å². The van der Waals surface area contributed by atoms with Crippen LogP contribution in [0.2, 0.25) is 5.02 Å². The van der Waals surface area contributed by atoms with Gasteiger partial charge in [-0.25, -0.2) is 4.98 Å². The third-order valence-corrected chi connectivity index (χ3v) is 5.57. The molecule has 5 nitrogen and oxygen atoms in total. The van der Waals surface area contributed by atoms with Gasteiger partial charge in [0.25, 0.3) is 0 Å². The number of methoxy groups -OCH3 is 1. The zero-order valence-corrected chi connectivity index (χ0v) is 17.0. The predicted molar refractivity (Wildman–Crippen MR) is 110 cm³/mol. The second-order valence-electron chi connectivity index (χ2n) is 7.14. The van der Waals surface area contributed by atoms with Crippen molar-refractivity contribution in [2.24, 2.45) is 0 Å². The van der Waals surface area contributed by atoms with Crippen molar-refractivity contribution in [2.75, 3.05) is 20.3 Å². The number of hydrogen-bond donors (Lipinski definition) is 1. The van der Waals surface area contributed by atoms with Crippen LogP contribution in [0.25, 0.3) is 0 Å². The predicted octanol–water partition coefficient (Wildman–Crippen LogP) is 4.28. The minimum atomic E-state index is -0.525. The number of carbonyl (C=O) groups excluding carboxylic acids is 1. The quantitative estimate of drug-likeness (QED) is 0.669. The summed E-state index contributed by atoms with van der Waals surface area (Å²) in [5.74, 6) is 0.571. The van der Waals surface area contributed by atoms with Crippen molar-refractivity contribution in [1.82, 2.24) is 10.3 Å². The molecule has 0 spiro atoms. The van der Waals surface area contributed by atoms with Gasteiger partial charge < -0.3 is 14.8 Å². The lowest BCUT2D eigenvalue weighted by Gasteiger charge is -2.36. The molecule has 1 aliphatic carbocycles. The number of aromatic nitrogens is 1. The third-order valence-electron chi connectivity index (χ3n) is 5.33. The fourth-order valence-electron chi connectivity index (χ4n) is 3.84. The van der Waals surface area contributed by atoms with Gasteiger partial charge >= 0.3 is 0 Å². The number of nitrogens with one attached hydrogen (secondary N) is 1. The molecule has 1 saturated carbocycles. The molecule has 0 saturated heterocycles. The number of rotatable bonds is 8. The van der Waals surface area contributed by atoms with E-state index in [1.54, 1.807) is 13.3 Å². The summed E-state index contributed by atoms with van der Waals surface area (Å²) in [6, 6.07) is 11.5. The van der Waals surface area contributed by atoms with Crippen LogP contribution in [0.15, 0.2) is 42.6 Å². The lowest BCUT2D eigenvalue weighted by atomic mass is 9.68. The summed E-state index contributed by atoms with van der Waals surface area (Å²) in [5.41, 5.74) is 1.33. The van der Waals surface area contributed by atoms with E-state index in [0.717, 1.165) is 43.2 Å². The highest BCUT2D eigenvalue weighted by Crippen LogP contribution is 2.40. The van der Waals surface area contributed by atoms with E-state index in [1.807, 2.05) is 36.4 Å². The molecule has 1 aliphatic rings. The molecule has 1 amide bonds. The molecule has 6 heteroatoms. The number of benzene rings is 1. The second kappa shape index (κ2) is 9.89. The van der Waals surface area contributed by atoms with Crippen molar-refractivity contribution < 1.29 is 14.3 Å². The van der Waals surface area contributed by atoms with Crippen LogP contribution in [-0.2, 0) is 21.5 Å². The number of nitrogens with zero attached hydrogens (tertiary/aromatic N) is 1. The lowest BCUT2D eigenvalue weighted by Crippen LogP contribution is -2.45. The summed E-state index contributed by atoms with van der Waals surface area (Å²) in [6.45, 7) is 1.28. The van der Waals surface area contributed by atoms with Crippen LogP contribution >= 0.6 is 11.6 Å². The Kier molecular flexibility index (Phi) is 7.29. The van der Waals surface area contributed by atoms with E-state index < -0.39 is 5.41 Å². The zero-order valence-electron chi connectivity index (χ0n) is 16.2. The smallest absolute Gasteiger partial charge is 0.230 e. The molecule has 2 aromatic rings. The first kappa shape index (κ1) is 20.6. The average molecular weight is 403 g/mol. The standard InChI is InChI=1S/C22H27ClN2O3/c1-27-13-14-28-20-17(7-6-12-24-20)16-25-21(26)22(10-3-2-4-11-22)18-8-5-9-19(23)15-18/h5-9,12,15H,2-4,10-11,13-14,16H2,1H3,(H,25,26). The minimum Gasteiger partial charge on any atom is -0.475 e. The van der Waals surface area contributed by atoms with Crippen molar-refractivity contribution in [2.45, 2.75) is 44.1 Å². The van der Waals surface area contributed by atoms with E-state index in [-0.39, 0.29) is 5.91 Å². The highest BCUT2D eigenvalue weighted by molar-refractivity contribution is 6.30. The van der Waals surface area contributed by atoms with Crippen LogP contribution < -0.4 is 10.1 Å². The fourth-order valence-corrected chi connectivity index (χ4v) is 4.03. The molecule has 150 valence electrons. The van der Waals surface area contributed by atoms with Gasteiger partial charge in [-0.15, -0.1) is 0 Å². The number of amides is 1. The summed E-state index contributed by atoms with van der Waals surface area (Å²) in [4.78, 5) is 17.6. The van der Waals surface area contributed by atoms with Gasteiger partial charge in [0.2, 0.25) is 11.8 Å². The van der Waals surface area contributed by atoms with Crippen LogP contribution in [0, 0.1) is 0 Å². The zero-order chi connectivity index (χ0) is 19.8. The number of ether oxygens (including phenoxy) is 2. The van der Waals surface area contributed by atoms with Crippen molar-refractivity contribution >= 4 is 17.5 Å². The van der Waals surface area contributed by atoms with Crippen LogP contribution in [-0.4, -0.2) is 31.2 Å². The van der Waals surface area contributed by atoms with E-state index in [9.17, 15) is 4.79 Å². The van der Waals surface area contributed by atoms with Crippen LogP contribution in [0.3, 0.4) is 0 Å². The molecule has 3 rings (SSSR count). The molecule has 1 heterocycles. The van der Waals surface area contributed by atoms with Gasteiger partial charge in [-0.05, 0) is 36.6 Å². The van der Waals surface area contributed by atoms with Crippen molar-refractivity contribution in [3.8, 4) is 5.88 Å². The van der Waals surface area contributed by atoms with Gasteiger partial charge in [0.05, 0.1) is 12.0 Å². The van der Waals surface area contributed by atoms with E-state index >= 15 is 0 Å². The van der Waals surface area contributed by atoms with E-state index in [2.05, 4.69) is 10.3 Å². The second-order valence-corrected chi connectivity index (χ2v) is 7.58. The molecule has 0 bridgehead atoms. The van der Waals surface area contributed by atoms with Crippen molar-refractivity contribution in [3.63, 3.8) is 0 Å². The number of pyridine rings is 1. The molecule has 0 aliphatic heterocycles. The van der Waals surface area contributed by atoms with Gasteiger partial charge in [-0.3, -0.25) is 4.79 Å². The van der Waals surface area contributed by atoms with Gasteiger partial charge in [0.15, 0.2) is 0 Å². The fraction of sp³-hybridized carbons (Fsp3) is 0.455. The minimum absolute atomic E-state index is 0.0427. The maximum absolute atomic E-state index is 13.3. The van der Waals surface area contributed by atoms with Gasteiger partial charge in [0.1, 0.15) is 6.61 Å². The topological polar surface area (TPSA) is 60.5 Å². The Bertz CT molecular complexity index is 791. The number of hydrogen-bond acceptors (Lipinski definition) is 4. The van der Waals surface area contributed by atoms with E-state index in [1.165, 1.54) is 0 Å². The molecular formula is C22H27ClN2O3. The lowest BCUT2D eigenvalue weighted by molar-refractivity contribution is -0.128. The molecule has 1 fully saturated rings. The Morgan fingerprint density at radius 1 is 1.18 bits per heavy atom. The Morgan fingerprint density at radius 2 is 2.00 bits per heavy atom. The monoisotopic (exact) mass is 402 g/mol. The largest absolute Gasteiger partial charge is 0.475 e. The number of carbonyl (C=O) groups is 1. The van der Waals surface area contributed by atoms with Gasteiger partial charge in [-0.1, -0.05) is 49.1 Å². The molecule has 0 atom stereocenters. The summed E-state index contributed by atoms with van der Waals surface area (Å²) < 4.78 is 10.7. The third kappa shape index (κ3) is 4.83. The van der Waals surface area contributed by atoms with E-state index in [0.29, 0.717) is 30.7 Å². The highest BCUT2D eigenvalue weighted by Gasteiger charge is 2.41. The van der Waals surface area contributed by atoms with Crippen LogP contribution in [0.1, 0.15) is 43.2 Å². The number of halogens is 1. The van der Waals surface area contributed by atoms with Crippen molar-refractivity contribution in [1.29, 1.82) is 0 Å². The SMILES string of the molecule is COCCOc1ncccc1CNC(=O)C1(c2cccc(Cl)c2)CCCCC1. The highest BCUT2D eigenvalue weighted by atomic mass is 35.5. The molecule has 0 unspecified atom stereocenters. The summed E-state index contributed by atoms with van der Waals surface area (Å²) in [7, 11) is 1.63.